The summed E-state index contributed by atoms with van der Waals surface area (Å²) in [5.41, 5.74) is 5.30. The third-order valence-electron chi connectivity index (χ3n) is 2.52. The molecule has 0 aromatic rings. The van der Waals surface area contributed by atoms with Gasteiger partial charge in [-0.25, -0.2) is 0 Å². The topological polar surface area (TPSA) is 58.4 Å². The van der Waals surface area contributed by atoms with Crippen LogP contribution in [-0.4, -0.2) is 43.0 Å². The zero-order valence-electron chi connectivity index (χ0n) is 10.5. The molecule has 90 valence electrons. The van der Waals surface area contributed by atoms with E-state index < -0.39 is 0 Å². The summed E-state index contributed by atoms with van der Waals surface area (Å²) in [6, 6.07) is 0. The van der Waals surface area contributed by atoms with Crippen LogP contribution in [0.3, 0.4) is 0 Å². The molecule has 0 rings (SSSR count). The summed E-state index contributed by atoms with van der Waals surface area (Å²) in [4.78, 5) is 13.6. The van der Waals surface area contributed by atoms with Crippen LogP contribution in [0.4, 0.5) is 0 Å². The third kappa shape index (κ3) is 7.33. The lowest BCUT2D eigenvalue weighted by Crippen LogP contribution is -2.46. The van der Waals surface area contributed by atoms with Gasteiger partial charge < -0.3 is 11.1 Å². The number of hydrogen-bond donors (Lipinski definition) is 2. The Bertz CT molecular complexity index is 192. The fourth-order valence-electron chi connectivity index (χ4n) is 1.19. The van der Waals surface area contributed by atoms with E-state index in [0.717, 1.165) is 19.4 Å². The van der Waals surface area contributed by atoms with Crippen LogP contribution in [0.5, 0.6) is 0 Å². The van der Waals surface area contributed by atoms with Gasteiger partial charge in [0.25, 0.3) is 0 Å². The number of likely N-dealkylation sites (N-methyl/N-ethyl adjacent to an activating group) is 1. The molecule has 4 heteroatoms. The van der Waals surface area contributed by atoms with E-state index in [1.165, 1.54) is 0 Å². The Hall–Kier alpha value is -0.610. The molecular formula is C11H25N3O. The van der Waals surface area contributed by atoms with Crippen molar-refractivity contribution in [3.63, 3.8) is 0 Å². The van der Waals surface area contributed by atoms with E-state index in [9.17, 15) is 4.79 Å². The predicted molar refractivity (Wildman–Crippen MR) is 63.7 cm³/mol. The number of nitrogens with zero attached hydrogens (tertiary/aromatic N) is 1. The van der Waals surface area contributed by atoms with Gasteiger partial charge in [-0.2, -0.15) is 0 Å². The van der Waals surface area contributed by atoms with Gasteiger partial charge >= 0.3 is 0 Å². The van der Waals surface area contributed by atoms with Crippen molar-refractivity contribution in [3.8, 4) is 0 Å². The molecule has 4 nitrogen and oxygen atoms in total. The van der Waals surface area contributed by atoms with Crippen molar-refractivity contribution < 1.29 is 4.79 Å². The van der Waals surface area contributed by atoms with Crippen molar-refractivity contribution in [2.45, 2.75) is 39.2 Å². The highest BCUT2D eigenvalue weighted by molar-refractivity contribution is 5.78. The summed E-state index contributed by atoms with van der Waals surface area (Å²) in [5.74, 6) is 0.0846. The smallest absolute Gasteiger partial charge is 0.234 e. The molecule has 0 fully saturated rings. The van der Waals surface area contributed by atoms with Gasteiger partial charge in [0, 0.05) is 5.54 Å². The lowest BCUT2D eigenvalue weighted by atomic mass is 10.0. The molecule has 0 aliphatic carbocycles. The first kappa shape index (κ1) is 14.4. The van der Waals surface area contributed by atoms with Gasteiger partial charge in [-0.3, -0.25) is 9.69 Å². The second-order valence-corrected chi connectivity index (χ2v) is 4.67. The average molecular weight is 215 g/mol. The number of carbonyl (C=O) groups is 1. The van der Waals surface area contributed by atoms with E-state index in [2.05, 4.69) is 12.2 Å². The summed E-state index contributed by atoms with van der Waals surface area (Å²) < 4.78 is 0. The minimum Gasteiger partial charge on any atom is -0.350 e. The van der Waals surface area contributed by atoms with Crippen LogP contribution in [-0.2, 0) is 4.79 Å². The minimum absolute atomic E-state index is 0.0846. The Balaban J connectivity index is 3.83. The molecule has 0 saturated carbocycles. The Labute approximate surface area is 93.2 Å². The van der Waals surface area contributed by atoms with Gasteiger partial charge in [-0.05, 0) is 46.8 Å². The third-order valence-corrected chi connectivity index (χ3v) is 2.52. The van der Waals surface area contributed by atoms with E-state index in [0.29, 0.717) is 13.1 Å². The molecule has 1 amide bonds. The number of nitrogens with two attached hydrogens (primary N) is 1. The predicted octanol–water partition coefficient (Wildman–Crippen LogP) is 0.572. The fraction of sp³-hybridized carbons (Fsp3) is 0.909. The lowest BCUT2D eigenvalue weighted by Gasteiger charge is -2.26. The van der Waals surface area contributed by atoms with E-state index >= 15 is 0 Å². The molecule has 0 aromatic carbocycles. The largest absolute Gasteiger partial charge is 0.350 e. The van der Waals surface area contributed by atoms with Gasteiger partial charge in [0.05, 0.1) is 6.54 Å². The van der Waals surface area contributed by atoms with Crippen molar-refractivity contribution in [2.24, 2.45) is 5.73 Å². The SMILES string of the molecule is CCC(C)(C)NC(=O)CN(C)CCCN. The molecule has 3 N–H and O–H groups in total. The van der Waals surface area contributed by atoms with Gasteiger partial charge in [0.2, 0.25) is 5.91 Å². The van der Waals surface area contributed by atoms with Crippen LogP contribution in [0.1, 0.15) is 33.6 Å². The normalized spacial score (nSPS) is 11.9. The molecule has 0 bridgehead atoms. The highest BCUT2D eigenvalue weighted by Crippen LogP contribution is 2.06. The maximum Gasteiger partial charge on any atom is 0.234 e. The summed E-state index contributed by atoms with van der Waals surface area (Å²) in [7, 11) is 1.94. The molecule has 0 aliphatic rings. The molecular weight excluding hydrogens is 190 g/mol. The number of hydrogen-bond acceptors (Lipinski definition) is 3. The van der Waals surface area contributed by atoms with E-state index in [4.69, 9.17) is 5.73 Å². The van der Waals surface area contributed by atoms with Crippen LogP contribution in [0.25, 0.3) is 0 Å². The maximum atomic E-state index is 11.6. The molecule has 0 unspecified atom stereocenters. The van der Waals surface area contributed by atoms with Crippen molar-refractivity contribution >= 4 is 5.91 Å². The van der Waals surface area contributed by atoms with Gasteiger partial charge in [0.1, 0.15) is 0 Å². The van der Waals surface area contributed by atoms with E-state index in [1.54, 1.807) is 0 Å². The molecule has 0 atom stereocenters. The zero-order chi connectivity index (χ0) is 11.9. The van der Waals surface area contributed by atoms with Gasteiger partial charge in [-0.1, -0.05) is 6.92 Å². The first-order valence-electron chi connectivity index (χ1n) is 5.61. The van der Waals surface area contributed by atoms with E-state index in [-0.39, 0.29) is 11.4 Å². The quantitative estimate of drug-likeness (QED) is 0.653. The number of nitrogens with one attached hydrogen (secondary N) is 1. The van der Waals surface area contributed by atoms with Gasteiger partial charge in [0.15, 0.2) is 0 Å². The average Bonchev–Trinajstić information content (AvgIpc) is 2.13. The Morgan fingerprint density at radius 2 is 2.07 bits per heavy atom. The lowest BCUT2D eigenvalue weighted by molar-refractivity contribution is -0.123. The summed E-state index contributed by atoms with van der Waals surface area (Å²) in [5, 5.41) is 3.00. The molecule has 0 aliphatic heterocycles. The Kier molecular flexibility index (Phi) is 6.52. The standard InChI is InChI=1S/C11H25N3O/c1-5-11(2,3)13-10(15)9-14(4)8-6-7-12/h5-9,12H2,1-4H3,(H,13,15). The molecule has 0 saturated heterocycles. The molecule has 0 heterocycles. The second-order valence-electron chi connectivity index (χ2n) is 4.67. The maximum absolute atomic E-state index is 11.6. The Morgan fingerprint density at radius 3 is 2.53 bits per heavy atom. The minimum atomic E-state index is -0.105. The van der Waals surface area contributed by atoms with E-state index in [1.807, 2.05) is 25.8 Å². The number of amides is 1. The highest BCUT2D eigenvalue weighted by atomic mass is 16.2. The molecule has 0 radical (unpaired) electrons. The monoisotopic (exact) mass is 215 g/mol. The van der Waals surface area contributed by atoms with Crippen molar-refractivity contribution in [1.82, 2.24) is 10.2 Å². The van der Waals surface area contributed by atoms with Gasteiger partial charge in [-0.15, -0.1) is 0 Å². The zero-order valence-corrected chi connectivity index (χ0v) is 10.5. The first-order valence-corrected chi connectivity index (χ1v) is 5.61. The van der Waals surface area contributed by atoms with Crippen molar-refractivity contribution in [1.29, 1.82) is 0 Å². The second kappa shape index (κ2) is 6.80. The molecule has 0 spiro atoms. The first-order chi connectivity index (χ1) is 6.91. The fourth-order valence-corrected chi connectivity index (χ4v) is 1.19. The number of carbonyl (C=O) groups excluding carboxylic acids is 1. The summed E-state index contributed by atoms with van der Waals surface area (Å²) in [6.07, 6.45) is 1.87. The van der Waals surface area contributed by atoms with Crippen LogP contribution in [0, 0.1) is 0 Å². The van der Waals surface area contributed by atoms with Crippen LogP contribution in [0.15, 0.2) is 0 Å². The van der Waals surface area contributed by atoms with Crippen molar-refractivity contribution in [3.05, 3.63) is 0 Å². The Morgan fingerprint density at radius 1 is 1.47 bits per heavy atom. The number of rotatable bonds is 7. The summed E-state index contributed by atoms with van der Waals surface area (Å²) >= 11 is 0. The highest BCUT2D eigenvalue weighted by Gasteiger charge is 2.18. The van der Waals surface area contributed by atoms with Crippen molar-refractivity contribution in [2.75, 3.05) is 26.7 Å². The van der Waals surface area contributed by atoms with Crippen LogP contribution >= 0.6 is 0 Å². The molecule has 15 heavy (non-hydrogen) atoms. The summed E-state index contributed by atoms with van der Waals surface area (Å²) in [6.45, 7) is 8.13. The molecule has 0 aromatic heterocycles. The van der Waals surface area contributed by atoms with Crippen LogP contribution in [0.2, 0.25) is 0 Å². The van der Waals surface area contributed by atoms with Crippen LogP contribution < -0.4 is 11.1 Å².